The third-order valence-electron chi connectivity index (χ3n) is 5.97. The SMILES string of the molecule is Cc1nc2ccccc2c(=O)n1-c1ccc(C(=O)NCCC(=O)N2CCCC(C)C2)cc1. The summed E-state index contributed by atoms with van der Waals surface area (Å²) in [6.07, 6.45) is 2.51. The minimum absolute atomic E-state index is 0.0888. The molecule has 1 aliphatic rings. The van der Waals surface area contributed by atoms with Gasteiger partial charge in [0.2, 0.25) is 5.91 Å². The van der Waals surface area contributed by atoms with Gasteiger partial charge in [-0.3, -0.25) is 19.0 Å². The maximum Gasteiger partial charge on any atom is 0.265 e. The van der Waals surface area contributed by atoms with Crippen LogP contribution in [-0.2, 0) is 4.79 Å². The van der Waals surface area contributed by atoms with E-state index in [-0.39, 0.29) is 17.4 Å². The van der Waals surface area contributed by atoms with Crippen LogP contribution in [0.15, 0.2) is 53.3 Å². The number of aromatic nitrogens is 2. The molecule has 0 spiro atoms. The lowest BCUT2D eigenvalue weighted by molar-refractivity contribution is -0.132. The average molecular weight is 433 g/mol. The van der Waals surface area contributed by atoms with E-state index in [1.165, 1.54) is 0 Å². The molecule has 3 aromatic rings. The number of likely N-dealkylation sites (tertiary alicyclic amines) is 1. The van der Waals surface area contributed by atoms with E-state index in [2.05, 4.69) is 17.2 Å². The molecule has 1 aromatic heterocycles. The smallest absolute Gasteiger partial charge is 0.265 e. The first-order valence-corrected chi connectivity index (χ1v) is 11.1. The summed E-state index contributed by atoms with van der Waals surface area (Å²) < 4.78 is 1.54. The molecule has 0 aliphatic carbocycles. The lowest BCUT2D eigenvalue weighted by Crippen LogP contribution is -2.40. The van der Waals surface area contributed by atoms with Gasteiger partial charge in [0.15, 0.2) is 0 Å². The third kappa shape index (κ3) is 4.56. The topological polar surface area (TPSA) is 84.3 Å². The number of rotatable bonds is 5. The molecule has 2 aromatic carbocycles. The fourth-order valence-electron chi connectivity index (χ4n) is 4.27. The van der Waals surface area contributed by atoms with Crippen molar-refractivity contribution in [2.75, 3.05) is 19.6 Å². The van der Waals surface area contributed by atoms with Crippen LogP contribution >= 0.6 is 0 Å². The largest absolute Gasteiger partial charge is 0.352 e. The van der Waals surface area contributed by atoms with Crippen molar-refractivity contribution in [2.45, 2.75) is 33.1 Å². The number of amides is 2. The fourth-order valence-corrected chi connectivity index (χ4v) is 4.27. The van der Waals surface area contributed by atoms with Crippen LogP contribution in [0.4, 0.5) is 0 Å². The number of piperidine rings is 1. The maximum absolute atomic E-state index is 12.9. The fraction of sp³-hybridized carbons (Fsp3) is 0.360. The number of hydrogen-bond acceptors (Lipinski definition) is 4. The number of nitrogens with one attached hydrogen (secondary N) is 1. The van der Waals surface area contributed by atoms with Crippen molar-refractivity contribution in [2.24, 2.45) is 5.92 Å². The third-order valence-corrected chi connectivity index (χ3v) is 5.97. The Morgan fingerprint density at radius 2 is 1.88 bits per heavy atom. The van der Waals surface area contributed by atoms with Gasteiger partial charge >= 0.3 is 0 Å². The highest BCUT2D eigenvalue weighted by molar-refractivity contribution is 5.94. The molecule has 4 rings (SSSR count). The highest BCUT2D eigenvalue weighted by Crippen LogP contribution is 2.16. The van der Waals surface area contributed by atoms with Crippen molar-refractivity contribution in [1.82, 2.24) is 19.8 Å². The number of fused-ring (bicyclic) bond motifs is 1. The van der Waals surface area contributed by atoms with Crippen LogP contribution in [-0.4, -0.2) is 45.9 Å². The summed E-state index contributed by atoms with van der Waals surface area (Å²) in [5, 5.41) is 3.37. The predicted octanol–water partition coefficient (Wildman–Crippen LogP) is 3.07. The van der Waals surface area contributed by atoms with Gasteiger partial charge in [-0.1, -0.05) is 19.1 Å². The molecule has 2 heterocycles. The molecule has 0 saturated carbocycles. The van der Waals surface area contributed by atoms with Gasteiger partial charge in [-0.05, 0) is 62.1 Å². The Morgan fingerprint density at radius 3 is 2.62 bits per heavy atom. The van der Waals surface area contributed by atoms with Crippen molar-refractivity contribution < 1.29 is 9.59 Å². The van der Waals surface area contributed by atoms with Crippen molar-refractivity contribution >= 4 is 22.7 Å². The van der Waals surface area contributed by atoms with Crippen LogP contribution in [0.25, 0.3) is 16.6 Å². The molecule has 1 atom stereocenters. The molecule has 0 radical (unpaired) electrons. The standard InChI is InChI=1S/C25H28N4O3/c1-17-6-5-15-28(16-17)23(30)13-14-26-24(31)19-9-11-20(12-10-19)29-18(2)27-22-8-4-3-7-21(22)25(29)32/h3-4,7-12,17H,5-6,13-16H2,1-2H3,(H,26,31). The zero-order valence-electron chi connectivity index (χ0n) is 18.5. The Morgan fingerprint density at radius 1 is 1.12 bits per heavy atom. The van der Waals surface area contributed by atoms with E-state index >= 15 is 0 Å². The number of carbonyl (C=O) groups is 2. The summed E-state index contributed by atoms with van der Waals surface area (Å²) >= 11 is 0. The molecule has 166 valence electrons. The minimum Gasteiger partial charge on any atom is -0.352 e. The molecule has 0 bridgehead atoms. The van der Waals surface area contributed by atoms with E-state index in [0.29, 0.717) is 46.9 Å². The summed E-state index contributed by atoms with van der Waals surface area (Å²) in [5.41, 5.74) is 1.65. The van der Waals surface area contributed by atoms with Crippen LogP contribution in [0, 0.1) is 12.8 Å². The second-order valence-electron chi connectivity index (χ2n) is 8.46. The lowest BCUT2D eigenvalue weighted by Gasteiger charge is -2.31. The van der Waals surface area contributed by atoms with Gasteiger partial charge in [0.05, 0.1) is 16.6 Å². The molecule has 1 saturated heterocycles. The molecule has 1 N–H and O–H groups in total. The van der Waals surface area contributed by atoms with Crippen LogP contribution in [0.5, 0.6) is 0 Å². The number of carbonyl (C=O) groups excluding carboxylic acids is 2. The number of nitrogens with zero attached hydrogens (tertiary/aromatic N) is 3. The predicted molar refractivity (Wildman–Crippen MR) is 124 cm³/mol. The zero-order valence-corrected chi connectivity index (χ0v) is 18.5. The van der Waals surface area contributed by atoms with Crippen molar-refractivity contribution in [3.05, 3.63) is 70.3 Å². The van der Waals surface area contributed by atoms with Crippen LogP contribution < -0.4 is 10.9 Å². The Hall–Kier alpha value is -3.48. The lowest BCUT2D eigenvalue weighted by atomic mass is 10.00. The normalized spacial score (nSPS) is 16.2. The molecule has 1 unspecified atom stereocenters. The Bertz CT molecular complexity index is 1200. The van der Waals surface area contributed by atoms with Gasteiger partial charge in [0, 0.05) is 31.6 Å². The quantitative estimate of drug-likeness (QED) is 0.672. The van der Waals surface area contributed by atoms with Crippen molar-refractivity contribution in [1.29, 1.82) is 0 Å². The van der Waals surface area contributed by atoms with E-state index in [9.17, 15) is 14.4 Å². The summed E-state index contributed by atoms with van der Waals surface area (Å²) in [7, 11) is 0. The second-order valence-corrected chi connectivity index (χ2v) is 8.46. The number of benzene rings is 2. The molecule has 32 heavy (non-hydrogen) atoms. The van der Waals surface area contributed by atoms with Gasteiger partial charge in [-0.2, -0.15) is 0 Å². The molecule has 7 heteroatoms. The maximum atomic E-state index is 12.9. The minimum atomic E-state index is -0.239. The number of aryl methyl sites for hydroxylation is 1. The van der Waals surface area contributed by atoms with Gasteiger partial charge in [-0.15, -0.1) is 0 Å². The Balaban J connectivity index is 1.41. The molecule has 2 amide bonds. The first-order chi connectivity index (χ1) is 15.4. The summed E-state index contributed by atoms with van der Waals surface area (Å²) in [5.74, 6) is 0.967. The monoisotopic (exact) mass is 432 g/mol. The van der Waals surface area contributed by atoms with E-state index in [1.54, 1.807) is 41.8 Å². The second kappa shape index (κ2) is 9.34. The molecule has 1 fully saturated rings. The molecule has 1 aliphatic heterocycles. The zero-order chi connectivity index (χ0) is 22.7. The highest BCUT2D eigenvalue weighted by Gasteiger charge is 2.20. The van der Waals surface area contributed by atoms with E-state index in [0.717, 1.165) is 25.9 Å². The Kier molecular flexibility index (Phi) is 6.35. The van der Waals surface area contributed by atoms with Gasteiger partial charge in [0.25, 0.3) is 11.5 Å². The van der Waals surface area contributed by atoms with Gasteiger partial charge < -0.3 is 10.2 Å². The molecular weight excluding hydrogens is 404 g/mol. The summed E-state index contributed by atoms with van der Waals surface area (Å²) in [4.78, 5) is 44.2. The molecule has 7 nitrogen and oxygen atoms in total. The first-order valence-electron chi connectivity index (χ1n) is 11.1. The summed E-state index contributed by atoms with van der Waals surface area (Å²) in [6.45, 7) is 5.86. The number of para-hydroxylation sites is 1. The van der Waals surface area contributed by atoms with Crippen LogP contribution in [0.3, 0.4) is 0 Å². The van der Waals surface area contributed by atoms with Gasteiger partial charge in [0.1, 0.15) is 5.82 Å². The van der Waals surface area contributed by atoms with Gasteiger partial charge in [-0.25, -0.2) is 4.98 Å². The van der Waals surface area contributed by atoms with Crippen LogP contribution in [0.1, 0.15) is 42.4 Å². The average Bonchev–Trinajstić information content (AvgIpc) is 2.79. The first kappa shape index (κ1) is 21.7. The molecular formula is C25H28N4O3. The van der Waals surface area contributed by atoms with Crippen LogP contribution in [0.2, 0.25) is 0 Å². The van der Waals surface area contributed by atoms with E-state index < -0.39 is 0 Å². The van der Waals surface area contributed by atoms with E-state index in [1.807, 2.05) is 23.1 Å². The number of hydrogen-bond donors (Lipinski definition) is 1. The highest BCUT2D eigenvalue weighted by atomic mass is 16.2. The van der Waals surface area contributed by atoms with Crippen molar-refractivity contribution in [3.8, 4) is 5.69 Å². The van der Waals surface area contributed by atoms with E-state index in [4.69, 9.17) is 0 Å². The van der Waals surface area contributed by atoms with Crippen molar-refractivity contribution in [3.63, 3.8) is 0 Å². The summed E-state index contributed by atoms with van der Waals surface area (Å²) in [6, 6.07) is 14.1. The Labute approximate surface area is 187 Å².